The van der Waals surface area contributed by atoms with Crippen LogP contribution in [0.25, 0.3) is 11.2 Å². The number of imidazole rings is 1. The van der Waals surface area contributed by atoms with E-state index < -0.39 is 6.08 Å². The van der Waals surface area contributed by atoms with E-state index in [0.29, 0.717) is 48.7 Å². The summed E-state index contributed by atoms with van der Waals surface area (Å²) in [6.45, 7) is 3.23. The second-order valence-electron chi connectivity index (χ2n) is 7.96. The number of anilines is 1. The monoisotopic (exact) mass is 426 g/mol. The average Bonchev–Trinajstić information content (AvgIpc) is 3.40. The fraction of sp³-hybridized carbons (Fsp3) is 0.429. The number of hydrogen-bond acceptors (Lipinski definition) is 7. The smallest absolute Gasteiger partial charge is 0.312 e. The van der Waals surface area contributed by atoms with Gasteiger partial charge in [-0.1, -0.05) is 0 Å². The summed E-state index contributed by atoms with van der Waals surface area (Å²) in [6.07, 6.45) is 2.18. The lowest BCUT2D eigenvalue weighted by Gasteiger charge is -2.11. The molecule has 1 amide bonds. The second-order valence-corrected chi connectivity index (χ2v) is 7.96. The third kappa shape index (κ3) is 3.85. The molecular weight excluding hydrogens is 403 g/mol. The van der Waals surface area contributed by atoms with Crippen LogP contribution in [0, 0.1) is 18.9 Å². The first-order valence-electron chi connectivity index (χ1n) is 10.3. The summed E-state index contributed by atoms with van der Waals surface area (Å²) in [5.74, 6) is 2.38. The summed E-state index contributed by atoms with van der Waals surface area (Å²) in [4.78, 5) is 24.0. The van der Waals surface area contributed by atoms with Crippen LogP contribution in [-0.4, -0.2) is 38.8 Å². The molecule has 0 bridgehead atoms. The van der Waals surface area contributed by atoms with E-state index in [0.717, 1.165) is 29.7 Å². The van der Waals surface area contributed by atoms with Crippen molar-refractivity contribution in [2.24, 2.45) is 5.92 Å². The van der Waals surface area contributed by atoms with Gasteiger partial charge in [0.25, 0.3) is 0 Å². The number of fused-ring (bicyclic) bond motifs is 2. The van der Waals surface area contributed by atoms with Gasteiger partial charge in [-0.15, -0.1) is 0 Å². The minimum atomic E-state index is -0.890. The molecule has 0 radical (unpaired) electrons. The largest absolute Gasteiger partial charge is 0.454 e. The molecule has 3 aromatic rings. The van der Waals surface area contributed by atoms with Crippen LogP contribution in [-0.2, 0) is 17.8 Å². The molecule has 31 heavy (non-hydrogen) atoms. The Morgan fingerprint density at radius 3 is 2.81 bits per heavy atom. The SMILES string of the molecule is Cc1cc2c(cc1Cc1nc3c(N)nc(F)nc3n1CCCNC(=O)C1CC1)OCO2. The molecule has 1 aliphatic heterocycles. The molecule has 1 fully saturated rings. The number of hydrogen-bond donors (Lipinski definition) is 2. The number of ether oxygens (including phenoxy) is 2. The summed E-state index contributed by atoms with van der Waals surface area (Å²) in [6, 6.07) is 3.87. The molecule has 5 rings (SSSR count). The number of aryl methyl sites for hydroxylation is 2. The standard InChI is InChI=1S/C21H23FN6O3/c1-11-7-14-15(31-10-30-14)8-13(11)9-16-25-17-18(23)26-21(22)27-19(17)28(16)6-2-5-24-20(29)12-3-4-12/h7-8,12H,2-6,9-10H2,1H3,(H,24,29)(H2,23,26,27). The van der Waals surface area contributed by atoms with Crippen molar-refractivity contribution in [3.63, 3.8) is 0 Å². The molecule has 0 atom stereocenters. The minimum absolute atomic E-state index is 0.00643. The van der Waals surface area contributed by atoms with E-state index in [-0.39, 0.29) is 24.4 Å². The predicted octanol–water partition coefficient (Wildman–Crippen LogP) is 2.09. The summed E-state index contributed by atoms with van der Waals surface area (Å²) >= 11 is 0. The van der Waals surface area contributed by atoms with E-state index in [4.69, 9.17) is 15.2 Å². The van der Waals surface area contributed by atoms with Gasteiger partial charge in [0, 0.05) is 25.4 Å². The zero-order valence-corrected chi connectivity index (χ0v) is 17.2. The number of nitrogens with zero attached hydrogens (tertiary/aromatic N) is 4. The molecule has 9 nitrogen and oxygen atoms in total. The summed E-state index contributed by atoms with van der Waals surface area (Å²) < 4.78 is 26.7. The number of nitrogens with two attached hydrogens (primary N) is 1. The van der Waals surface area contributed by atoms with Gasteiger partial charge >= 0.3 is 6.08 Å². The second kappa shape index (κ2) is 7.68. The van der Waals surface area contributed by atoms with Gasteiger partial charge in [0.2, 0.25) is 12.7 Å². The molecule has 10 heteroatoms. The molecule has 3 heterocycles. The van der Waals surface area contributed by atoms with Crippen molar-refractivity contribution in [1.29, 1.82) is 0 Å². The molecule has 0 unspecified atom stereocenters. The lowest BCUT2D eigenvalue weighted by molar-refractivity contribution is -0.122. The quantitative estimate of drug-likeness (QED) is 0.439. The molecule has 0 saturated heterocycles. The van der Waals surface area contributed by atoms with E-state index in [1.807, 2.05) is 23.6 Å². The topological polar surface area (TPSA) is 117 Å². The fourth-order valence-corrected chi connectivity index (χ4v) is 3.79. The highest BCUT2D eigenvalue weighted by atomic mass is 19.1. The van der Waals surface area contributed by atoms with E-state index in [2.05, 4.69) is 20.3 Å². The van der Waals surface area contributed by atoms with Gasteiger partial charge < -0.3 is 25.1 Å². The van der Waals surface area contributed by atoms with Crippen LogP contribution < -0.4 is 20.5 Å². The summed E-state index contributed by atoms with van der Waals surface area (Å²) in [5.41, 5.74) is 8.68. The lowest BCUT2D eigenvalue weighted by atomic mass is 10.0. The number of nitrogen functional groups attached to an aromatic ring is 1. The number of nitrogens with one attached hydrogen (secondary N) is 1. The zero-order chi connectivity index (χ0) is 21.5. The zero-order valence-electron chi connectivity index (χ0n) is 17.2. The molecule has 2 aliphatic rings. The van der Waals surface area contributed by atoms with Crippen molar-refractivity contribution >= 4 is 22.9 Å². The van der Waals surface area contributed by atoms with Gasteiger partial charge in [0.15, 0.2) is 28.5 Å². The van der Waals surface area contributed by atoms with Gasteiger partial charge in [-0.05, 0) is 49.4 Å². The molecule has 0 spiro atoms. The molecule has 1 aliphatic carbocycles. The van der Waals surface area contributed by atoms with Crippen molar-refractivity contribution in [3.8, 4) is 11.5 Å². The normalized spacial score (nSPS) is 14.9. The maximum absolute atomic E-state index is 13.9. The third-order valence-corrected chi connectivity index (χ3v) is 5.66. The van der Waals surface area contributed by atoms with Crippen LogP contribution in [0.4, 0.5) is 10.2 Å². The van der Waals surface area contributed by atoms with Gasteiger partial charge in [-0.2, -0.15) is 14.4 Å². The molecule has 162 valence electrons. The van der Waals surface area contributed by atoms with Crippen molar-refractivity contribution in [3.05, 3.63) is 35.2 Å². The Morgan fingerprint density at radius 1 is 1.26 bits per heavy atom. The minimum Gasteiger partial charge on any atom is -0.454 e. The molecule has 3 N–H and O–H groups in total. The van der Waals surface area contributed by atoms with Gasteiger partial charge in [0.1, 0.15) is 5.82 Å². The Morgan fingerprint density at radius 2 is 2.03 bits per heavy atom. The first kappa shape index (κ1) is 19.5. The Balaban J connectivity index is 1.43. The first-order chi connectivity index (χ1) is 15.0. The maximum atomic E-state index is 13.9. The van der Waals surface area contributed by atoms with E-state index in [9.17, 15) is 9.18 Å². The van der Waals surface area contributed by atoms with Crippen LogP contribution >= 0.6 is 0 Å². The van der Waals surface area contributed by atoms with Crippen LogP contribution in [0.5, 0.6) is 11.5 Å². The van der Waals surface area contributed by atoms with Crippen LogP contribution in [0.2, 0.25) is 0 Å². The van der Waals surface area contributed by atoms with Crippen molar-refractivity contribution in [2.45, 2.75) is 39.2 Å². The Kier molecular flexibility index (Phi) is 4.84. The van der Waals surface area contributed by atoms with Gasteiger partial charge in [0.05, 0.1) is 0 Å². The molecule has 1 aromatic carbocycles. The van der Waals surface area contributed by atoms with E-state index in [1.165, 1.54) is 0 Å². The maximum Gasteiger partial charge on any atom is 0.312 e. The highest BCUT2D eigenvalue weighted by Gasteiger charge is 2.29. The molecule has 2 aromatic heterocycles. The lowest BCUT2D eigenvalue weighted by Crippen LogP contribution is -2.26. The van der Waals surface area contributed by atoms with Crippen LogP contribution in [0.15, 0.2) is 12.1 Å². The number of carbonyl (C=O) groups excluding carboxylic acids is 1. The number of carbonyl (C=O) groups is 1. The van der Waals surface area contributed by atoms with Crippen molar-refractivity contribution < 1.29 is 18.7 Å². The van der Waals surface area contributed by atoms with E-state index in [1.54, 1.807) is 0 Å². The first-order valence-corrected chi connectivity index (χ1v) is 10.3. The van der Waals surface area contributed by atoms with Gasteiger partial charge in [-0.3, -0.25) is 4.79 Å². The number of benzene rings is 1. The Labute approximate surface area is 177 Å². The summed E-state index contributed by atoms with van der Waals surface area (Å²) in [5, 5.41) is 2.95. The number of halogens is 1. The summed E-state index contributed by atoms with van der Waals surface area (Å²) in [7, 11) is 0. The highest BCUT2D eigenvalue weighted by molar-refractivity contribution is 5.82. The fourth-order valence-electron chi connectivity index (χ4n) is 3.79. The average molecular weight is 426 g/mol. The number of amides is 1. The van der Waals surface area contributed by atoms with Crippen LogP contribution in [0.3, 0.4) is 0 Å². The predicted molar refractivity (Wildman–Crippen MR) is 110 cm³/mol. The Bertz CT molecular complexity index is 1170. The molecule has 1 saturated carbocycles. The van der Waals surface area contributed by atoms with Gasteiger partial charge in [-0.25, -0.2) is 4.98 Å². The highest BCUT2D eigenvalue weighted by Crippen LogP contribution is 2.35. The van der Waals surface area contributed by atoms with Crippen LogP contribution in [0.1, 0.15) is 36.2 Å². The Hall–Kier alpha value is -3.43. The molecular formula is C21H23FN6O3. The van der Waals surface area contributed by atoms with Crippen molar-refractivity contribution in [1.82, 2.24) is 24.8 Å². The van der Waals surface area contributed by atoms with Crippen molar-refractivity contribution in [2.75, 3.05) is 19.1 Å². The van der Waals surface area contributed by atoms with E-state index >= 15 is 0 Å². The number of rotatable bonds is 7. The number of aromatic nitrogens is 4. The third-order valence-electron chi connectivity index (χ3n) is 5.66.